The van der Waals surface area contributed by atoms with Crippen molar-refractivity contribution >= 4 is 17.6 Å². The molecule has 2 N–H and O–H groups in total. The summed E-state index contributed by atoms with van der Waals surface area (Å²) in [6.07, 6.45) is 2.02. The lowest BCUT2D eigenvalue weighted by Crippen LogP contribution is -2.37. The highest BCUT2D eigenvalue weighted by atomic mass is 16.5. The zero-order valence-corrected chi connectivity index (χ0v) is 18.4. The van der Waals surface area contributed by atoms with E-state index in [1.54, 1.807) is 32.4 Å². The Bertz CT molecular complexity index is 939. The second-order valence-corrected chi connectivity index (χ2v) is 7.18. The van der Waals surface area contributed by atoms with Crippen LogP contribution in [0.15, 0.2) is 41.4 Å². The van der Waals surface area contributed by atoms with Gasteiger partial charge >= 0.3 is 0 Å². The number of carbonyl (C=O) groups is 1. The van der Waals surface area contributed by atoms with Gasteiger partial charge < -0.3 is 24.3 Å². The lowest BCUT2D eigenvalue weighted by atomic mass is 10.2. The number of benzene rings is 2. The third-order valence-corrected chi connectivity index (χ3v) is 4.96. The number of carbonyl (C=O) groups excluding carboxylic acids is 1. The smallest absolute Gasteiger partial charge is 0.258 e. The molecule has 1 aliphatic heterocycles. The van der Waals surface area contributed by atoms with Crippen molar-refractivity contribution in [3.05, 3.63) is 47.5 Å². The number of methoxy groups -OCH3 is 3. The number of amides is 1. The van der Waals surface area contributed by atoms with E-state index in [0.717, 1.165) is 25.0 Å². The molecule has 166 valence electrons. The minimum absolute atomic E-state index is 0.0502. The quantitative estimate of drug-likeness (QED) is 0.520. The van der Waals surface area contributed by atoms with Crippen molar-refractivity contribution in [1.29, 1.82) is 0 Å². The van der Waals surface area contributed by atoms with Gasteiger partial charge in [-0.15, -0.1) is 0 Å². The van der Waals surface area contributed by atoms with Crippen LogP contribution in [0.4, 0.5) is 5.69 Å². The molecule has 0 aromatic heterocycles. The van der Waals surface area contributed by atoms with Crippen molar-refractivity contribution in [2.75, 3.05) is 39.8 Å². The number of guanidine groups is 1. The van der Waals surface area contributed by atoms with E-state index in [4.69, 9.17) is 18.9 Å². The number of aliphatic imine (C=N–C) groups is 1. The van der Waals surface area contributed by atoms with Crippen molar-refractivity contribution < 1.29 is 23.7 Å². The van der Waals surface area contributed by atoms with Gasteiger partial charge in [0, 0.05) is 12.2 Å². The molecule has 1 aliphatic rings. The number of hydrogen-bond donors (Lipinski definition) is 2. The zero-order chi connectivity index (χ0) is 22.2. The van der Waals surface area contributed by atoms with E-state index in [9.17, 15) is 4.79 Å². The minimum Gasteiger partial charge on any atom is -0.495 e. The first-order valence-electron chi connectivity index (χ1n) is 10.1. The summed E-state index contributed by atoms with van der Waals surface area (Å²) < 4.78 is 21.6. The van der Waals surface area contributed by atoms with E-state index >= 15 is 0 Å². The summed E-state index contributed by atoms with van der Waals surface area (Å²) in [5, 5.41) is 6.05. The van der Waals surface area contributed by atoms with Gasteiger partial charge in [0.15, 0.2) is 11.5 Å². The van der Waals surface area contributed by atoms with Crippen LogP contribution >= 0.6 is 0 Å². The first-order chi connectivity index (χ1) is 15.0. The van der Waals surface area contributed by atoms with Crippen LogP contribution in [-0.2, 0) is 4.74 Å². The predicted molar refractivity (Wildman–Crippen MR) is 120 cm³/mol. The van der Waals surface area contributed by atoms with Crippen molar-refractivity contribution in [2.24, 2.45) is 4.99 Å². The second-order valence-electron chi connectivity index (χ2n) is 7.18. The third-order valence-electron chi connectivity index (χ3n) is 4.96. The number of hydrogen-bond acceptors (Lipinski definition) is 6. The molecule has 1 atom stereocenters. The molecule has 0 bridgehead atoms. The Morgan fingerprint density at radius 3 is 2.48 bits per heavy atom. The maximum Gasteiger partial charge on any atom is 0.258 e. The van der Waals surface area contributed by atoms with Crippen LogP contribution < -0.4 is 24.8 Å². The summed E-state index contributed by atoms with van der Waals surface area (Å²) in [5.74, 6) is 1.66. The summed E-state index contributed by atoms with van der Waals surface area (Å²) in [5.41, 5.74) is 2.18. The number of anilines is 1. The number of ether oxygens (including phenoxy) is 4. The Morgan fingerprint density at radius 2 is 1.81 bits per heavy atom. The number of aryl methyl sites for hydroxylation is 1. The highest BCUT2D eigenvalue weighted by Crippen LogP contribution is 2.28. The molecule has 0 spiro atoms. The molecular weight excluding hydrogens is 398 g/mol. The molecule has 1 fully saturated rings. The van der Waals surface area contributed by atoms with Gasteiger partial charge in [0.25, 0.3) is 5.91 Å². The monoisotopic (exact) mass is 427 g/mol. The summed E-state index contributed by atoms with van der Waals surface area (Å²) in [4.78, 5) is 17.5. The fraction of sp³-hybridized carbons (Fsp3) is 0.391. The Kier molecular flexibility index (Phi) is 7.72. The van der Waals surface area contributed by atoms with E-state index in [-0.39, 0.29) is 12.0 Å². The molecule has 0 aliphatic carbocycles. The fourth-order valence-electron chi connectivity index (χ4n) is 3.30. The van der Waals surface area contributed by atoms with Gasteiger partial charge in [-0.25, -0.2) is 4.99 Å². The van der Waals surface area contributed by atoms with Crippen LogP contribution in [0.1, 0.15) is 28.8 Å². The van der Waals surface area contributed by atoms with Crippen LogP contribution in [0.25, 0.3) is 0 Å². The number of nitrogens with zero attached hydrogens (tertiary/aromatic N) is 1. The Hall–Kier alpha value is -3.26. The van der Waals surface area contributed by atoms with Crippen LogP contribution in [-0.4, -0.2) is 52.5 Å². The van der Waals surface area contributed by atoms with Gasteiger partial charge in [-0.3, -0.25) is 10.1 Å². The van der Waals surface area contributed by atoms with Gasteiger partial charge in [0.2, 0.25) is 5.96 Å². The van der Waals surface area contributed by atoms with Gasteiger partial charge in [-0.05, 0) is 55.7 Å². The van der Waals surface area contributed by atoms with Gasteiger partial charge in [-0.1, -0.05) is 6.07 Å². The minimum atomic E-state index is -0.328. The molecule has 8 nitrogen and oxygen atoms in total. The molecule has 31 heavy (non-hydrogen) atoms. The van der Waals surface area contributed by atoms with Gasteiger partial charge in [0.05, 0.1) is 39.7 Å². The van der Waals surface area contributed by atoms with E-state index < -0.39 is 0 Å². The molecule has 8 heteroatoms. The second kappa shape index (κ2) is 10.7. The Balaban J connectivity index is 1.83. The van der Waals surface area contributed by atoms with E-state index in [0.29, 0.717) is 41.0 Å². The van der Waals surface area contributed by atoms with Crippen LogP contribution in [0.3, 0.4) is 0 Å². The molecule has 2 aromatic rings. The highest BCUT2D eigenvalue weighted by molar-refractivity contribution is 6.10. The lowest BCUT2D eigenvalue weighted by Gasteiger charge is -2.16. The zero-order valence-electron chi connectivity index (χ0n) is 18.4. The molecular formula is C23H29N3O5. The summed E-state index contributed by atoms with van der Waals surface area (Å²) in [6.45, 7) is 3.17. The molecule has 0 unspecified atom stereocenters. The molecule has 2 aromatic carbocycles. The van der Waals surface area contributed by atoms with Crippen molar-refractivity contribution in [2.45, 2.75) is 25.9 Å². The largest absolute Gasteiger partial charge is 0.495 e. The normalized spacial score (nSPS) is 16.0. The average Bonchev–Trinajstić information content (AvgIpc) is 3.30. The summed E-state index contributed by atoms with van der Waals surface area (Å²) in [6, 6.07) is 10.7. The van der Waals surface area contributed by atoms with Crippen LogP contribution in [0, 0.1) is 6.92 Å². The molecule has 3 rings (SSSR count). The fourth-order valence-corrected chi connectivity index (χ4v) is 3.30. The predicted octanol–water partition coefficient (Wildman–Crippen LogP) is 3.40. The topological polar surface area (TPSA) is 90.4 Å². The molecule has 1 amide bonds. The number of nitrogens with one attached hydrogen (secondary N) is 2. The van der Waals surface area contributed by atoms with E-state index in [2.05, 4.69) is 15.6 Å². The first-order valence-corrected chi connectivity index (χ1v) is 10.1. The lowest BCUT2D eigenvalue weighted by molar-refractivity contribution is 0.0975. The SMILES string of the molecule is COc1ccc(C)cc1NC(=NC[C@H]1CCCO1)NC(=O)c1ccc(OC)c(OC)c1. The van der Waals surface area contributed by atoms with Crippen molar-refractivity contribution in [3.63, 3.8) is 0 Å². The van der Waals surface area contributed by atoms with E-state index in [1.807, 2.05) is 25.1 Å². The highest BCUT2D eigenvalue weighted by Gasteiger charge is 2.17. The third kappa shape index (κ3) is 5.88. The molecule has 1 heterocycles. The molecule has 0 saturated carbocycles. The van der Waals surface area contributed by atoms with Crippen LogP contribution in [0.5, 0.6) is 17.2 Å². The average molecular weight is 428 g/mol. The van der Waals surface area contributed by atoms with Crippen LogP contribution in [0.2, 0.25) is 0 Å². The Morgan fingerprint density at radius 1 is 1.06 bits per heavy atom. The maximum atomic E-state index is 12.9. The number of rotatable bonds is 7. The Labute approximate surface area is 182 Å². The van der Waals surface area contributed by atoms with Gasteiger partial charge in [-0.2, -0.15) is 0 Å². The van der Waals surface area contributed by atoms with Crippen molar-refractivity contribution in [3.8, 4) is 17.2 Å². The first kappa shape index (κ1) is 22.4. The standard InChI is InChI=1S/C23H29N3O5/c1-15-7-9-19(28-2)18(12-15)25-23(24-14-17-6-5-11-31-17)26-22(27)16-8-10-20(29-3)21(13-16)30-4/h7-10,12-13,17H,5-6,11,14H2,1-4H3,(H2,24,25,26,27)/t17-/m1/s1. The molecule has 0 radical (unpaired) electrons. The van der Waals surface area contributed by atoms with Gasteiger partial charge in [0.1, 0.15) is 5.75 Å². The molecule has 1 saturated heterocycles. The maximum absolute atomic E-state index is 12.9. The van der Waals surface area contributed by atoms with Crippen molar-refractivity contribution in [1.82, 2.24) is 5.32 Å². The summed E-state index contributed by atoms with van der Waals surface area (Å²) >= 11 is 0. The van der Waals surface area contributed by atoms with E-state index in [1.165, 1.54) is 7.11 Å². The summed E-state index contributed by atoms with van der Waals surface area (Å²) in [7, 11) is 4.67.